The zero-order valence-electron chi connectivity index (χ0n) is 14.8. The Hall–Kier alpha value is -0.840. The minimum Gasteiger partial charge on any atom is -0.310 e. The van der Waals surface area contributed by atoms with Gasteiger partial charge in [-0.25, -0.2) is 4.68 Å². The average molecular weight is 406 g/mol. The van der Waals surface area contributed by atoms with Gasteiger partial charge in [0.25, 0.3) is 0 Å². The summed E-state index contributed by atoms with van der Waals surface area (Å²) in [5.74, 6) is 2.63. The summed E-state index contributed by atoms with van der Waals surface area (Å²) in [5, 5.41) is 7.85. The molecule has 1 heterocycles. The van der Waals surface area contributed by atoms with Crippen LogP contribution in [0.4, 0.5) is 5.82 Å². The molecule has 5 fully saturated rings. The maximum atomic E-state index is 13.4. The number of carbonyl (C=O) groups excluding carboxylic acids is 1. The van der Waals surface area contributed by atoms with E-state index in [4.69, 9.17) is 0 Å². The van der Waals surface area contributed by atoms with Crippen LogP contribution in [0, 0.1) is 17.3 Å². The summed E-state index contributed by atoms with van der Waals surface area (Å²) >= 11 is 4.02. The highest BCUT2D eigenvalue weighted by Crippen LogP contribution is 2.64. The maximum absolute atomic E-state index is 13.4. The van der Waals surface area contributed by atoms with Crippen LogP contribution in [0.3, 0.4) is 0 Å². The fourth-order valence-corrected chi connectivity index (χ4v) is 8.15. The molecule has 4 bridgehead atoms. The van der Waals surface area contributed by atoms with Gasteiger partial charge < -0.3 is 5.32 Å². The first kappa shape index (κ1) is 16.3. The lowest BCUT2D eigenvalue weighted by atomic mass is 9.49. The molecule has 4 nitrogen and oxygen atoms in total. The normalized spacial score (nSPS) is 40.4. The van der Waals surface area contributed by atoms with Crippen LogP contribution in [-0.4, -0.2) is 20.0 Å². The third-order valence-corrected chi connectivity index (χ3v) is 8.23. The highest BCUT2D eigenvalue weighted by Gasteiger charge is 2.59. The van der Waals surface area contributed by atoms with Gasteiger partial charge in [-0.05, 0) is 63.2 Å². The van der Waals surface area contributed by atoms with Gasteiger partial charge in [0.2, 0.25) is 5.91 Å². The van der Waals surface area contributed by atoms with E-state index in [0.717, 1.165) is 36.9 Å². The van der Waals surface area contributed by atoms with Crippen molar-refractivity contribution >= 4 is 27.7 Å². The van der Waals surface area contributed by atoms with E-state index in [1.165, 1.54) is 51.4 Å². The molecule has 0 aliphatic heterocycles. The standard InChI is InChI=1S/C20H28BrN3O/c21-20-11-14-8-15(12-20)10-19(9-14,13-20)18(25)23-17-6-7-22-24(17)16-4-2-1-3-5-16/h6-7,14-16H,1-5,8-13H2,(H,23,25). The number of alkyl halides is 1. The van der Waals surface area contributed by atoms with Crippen LogP contribution in [0.1, 0.15) is 76.7 Å². The minimum absolute atomic E-state index is 0.157. The molecule has 0 saturated heterocycles. The average Bonchev–Trinajstić information content (AvgIpc) is 3.01. The van der Waals surface area contributed by atoms with Gasteiger partial charge in [-0.15, -0.1) is 0 Å². The number of carbonyl (C=O) groups is 1. The van der Waals surface area contributed by atoms with Crippen LogP contribution in [0.5, 0.6) is 0 Å². The van der Waals surface area contributed by atoms with E-state index in [0.29, 0.717) is 6.04 Å². The topological polar surface area (TPSA) is 46.9 Å². The van der Waals surface area contributed by atoms with E-state index >= 15 is 0 Å². The number of amides is 1. The number of rotatable bonds is 3. The second-order valence-corrected chi connectivity index (χ2v) is 11.0. The fourth-order valence-electron chi connectivity index (χ4n) is 6.70. The summed E-state index contributed by atoms with van der Waals surface area (Å²) in [6, 6.07) is 2.44. The number of nitrogens with zero attached hydrogens (tertiary/aromatic N) is 2. The van der Waals surface area contributed by atoms with Gasteiger partial charge in [0.1, 0.15) is 5.82 Å². The molecule has 136 valence electrons. The van der Waals surface area contributed by atoms with Gasteiger partial charge in [0.05, 0.1) is 17.7 Å². The number of anilines is 1. The van der Waals surface area contributed by atoms with E-state index in [2.05, 4.69) is 31.0 Å². The van der Waals surface area contributed by atoms with Crippen molar-refractivity contribution in [2.24, 2.45) is 17.3 Å². The van der Waals surface area contributed by atoms with Gasteiger partial charge in [-0.2, -0.15) is 5.10 Å². The Kier molecular flexibility index (Phi) is 3.81. The van der Waals surface area contributed by atoms with Gasteiger partial charge in [0, 0.05) is 10.4 Å². The molecule has 1 aromatic rings. The minimum atomic E-state index is -0.157. The highest BCUT2D eigenvalue weighted by molar-refractivity contribution is 9.10. The molecule has 2 unspecified atom stereocenters. The van der Waals surface area contributed by atoms with Gasteiger partial charge in [0.15, 0.2) is 0 Å². The SMILES string of the molecule is O=C(Nc1ccnn1C1CCCCC1)C12CC3CC(CC(Br)(C3)C1)C2. The van der Waals surface area contributed by atoms with E-state index < -0.39 is 0 Å². The Balaban J connectivity index is 1.37. The van der Waals surface area contributed by atoms with Crippen molar-refractivity contribution in [3.63, 3.8) is 0 Å². The summed E-state index contributed by atoms with van der Waals surface area (Å²) in [4.78, 5) is 13.4. The molecule has 0 radical (unpaired) electrons. The maximum Gasteiger partial charge on any atom is 0.231 e. The highest BCUT2D eigenvalue weighted by atomic mass is 79.9. The molecule has 1 aromatic heterocycles. The van der Waals surface area contributed by atoms with Crippen molar-refractivity contribution in [2.45, 2.75) is 81.0 Å². The molecule has 5 aliphatic carbocycles. The predicted octanol–water partition coefficient (Wildman–Crippen LogP) is 5.06. The Morgan fingerprint density at radius 3 is 2.56 bits per heavy atom. The van der Waals surface area contributed by atoms with Crippen LogP contribution >= 0.6 is 15.9 Å². The lowest BCUT2D eigenvalue weighted by Gasteiger charge is -2.59. The Morgan fingerprint density at radius 2 is 1.88 bits per heavy atom. The van der Waals surface area contributed by atoms with E-state index in [-0.39, 0.29) is 15.6 Å². The van der Waals surface area contributed by atoms with E-state index in [1.54, 1.807) is 0 Å². The molecule has 5 heteroatoms. The number of hydrogen-bond acceptors (Lipinski definition) is 2. The Labute approximate surface area is 158 Å². The molecule has 5 saturated carbocycles. The van der Waals surface area contributed by atoms with Crippen molar-refractivity contribution in [3.8, 4) is 0 Å². The zero-order valence-corrected chi connectivity index (χ0v) is 16.4. The van der Waals surface area contributed by atoms with E-state index in [9.17, 15) is 4.79 Å². The molecule has 1 amide bonds. The zero-order chi connectivity index (χ0) is 17.1. The molecule has 0 spiro atoms. The van der Waals surface area contributed by atoms with Gasteiger partial charge in [-0.1, -0.05) is 35.2 Å². The number of hydrogen-bond donors (Lipinski definition) is 1. The molecule has 25 heavy (non-hydrogen) atoms. The lowest BCUT2D eigenvalue weighted by molar-refractivity contribution is -0.138. The molecular weight excluding hydrogens is 378 g/mol. The molecule has 6 rings (SSSR count). The second-order valence-electron chi connectivity index (χ2n) is 9.30. The summed E-state index contributed by atoms with van der Waals surface area (Å²) < 4.78 is 2.31. The van der Waals surface area contributed by atoms with Gasteiger partial charge >= 0.3 is 0 Å². The van der Waals surface area contributed by atoms with Crippen molar-refractivity contribution < 1.29 is 4.79 Å². The summed E-state index contributed by atoms with van der Waals surface area (Å²) in [6.07, 6.45) is 15.1. The number of aromatic nitrogens is 2. The molecule has 1 N–H and O–H groups in total. The number of halogens is 1. The van der Waals surface area contributed by atoms with Gasteiger partial charge in [-0.3, -0.25) is 4.79 Å². The fraction of sp³-hybridized carbons (Fsp3) is 0.800. The van der Waals surface area contributed by atoms with Crippen LogP contribution in [0.25, 0.3) is 0 Å². The van der Waals surface area contributed by atoms with Crippen molar-refractivity contribution in [1.82, 2.24) is 9.78 Å². The summed E-state index contributed by atoms with van der Waals surface area (Å²) in [7, 11) is 0. The van der Waals surface area contributed by atoms with Crippen LogP contribution in [-0.2, 0) is 4.79 Å². The molecule has 5 aliphatic rings. The van der Waals surface area contributed by atoms with Crippen LogP contribution < -0.4 is 5.32 Å². The second kappa shape index (κ2) is 5.83. The van der Waals surface area contributed by atoms with Crippen LogP contribution in [0.15, 0.2) is 12.3 Å². The monoisotopic (exact) mass is 405 g/mol. The summed E-state index contributed by atoms with van der Waals surface area (Å²) in [5.41, 5.74) is -0.157. The van der Waals surface area contributed by atoms with Crippen molar-refractivity contribution in [1.29, 1.82) is 0 Å². The largest absolute Gasteiger partial charge is 0.310 e. The van der Waals surface area contributed by atoms with Crippen LogP contribution in [0.2, 0.25) is 0 Å². The third kappa shape index (κ3) is 2.77. The third-order valence-electron chi connectivity index (χ3n) is 7.30. The Morgan fingerprint density at radius 1 is 1.16 bits per heavy atom. The number of nitrogens with one attached hydrogen (secondary N) is 1. The first-order valence-corrected chi connectivity index (χ1v) is 10.9. The van der Waals surface area contributed by atoms with Crippen molar-refractivity contribution in [3.05, 3.63) is 12.3 Å². The quantitative estimate of drug-likeness (QED) is 0.714. The molecule has 0 aromatic carbocycles. The Bertz CT molecular complexity index is 664. The molecular formula is C20H28BrN3O. The molecule has 2 atom stereocenters. The first-order valence-electron chi connectivity index (χ1n) is 10.1. The predicted molar refractivity (Wildman–Crippen MR) is 102 cm³/mol. The smallest absolute Gasteiger partial charge is 0.231 e. The lowest BCUT2D eigenvalue weighted by Crippen LogP contribution is -2.57. The first-order chi connectivity index (χ1) is 12.1. The van der Waals surface area contributed by atoms with Crippen molar-refractivity contribution in [2.75, 3.05) is 5.32 Å². The summed E-state index contributed by atoms with van der Waals surface area (Å²) in [6.45, 7) is 0. The van der Waals surface area contributed by atoms with E-state index in [1.807, 2.05) is 12.3 Å².